The SMILES string of the molecule is Cc1ccccc1S(=O)(=O)Nc1ccccc1OC(C)C. The average molecular weight is 305 g/mol. The number of hydrogen-bond donors (Lipinski definition) is 1. The van der Waals surface area contributed by atoms with Crippen LogP contribution in [0.4, 0.5) is 5.69 Å². The van der Waals surface area contributed by atoms with Gasteiger partial charge >= 0.3 is 0 Å². The number of rotatable bonds is 5. The minimum atomic E-state index is -3.63. The van der Waals surface area contributed by atoms with Gasteiger partial charge in [0.25, 0.3) is 10.0 Å². The summed E-state index contributed by atoms with van der Waals surface area (Å²) in [5.41, 5.74) is 1.14. The summed E-state index contributed by atoms with van der Waals surface area (Å²) >= 11 is 0. The summed E-state index contributed by atoms with van der Waals surface area (Å²) in [5.74, 6) is 0.518. The molecular formula is C16H19NO3S. The van der Waals surface area contributed by atoms with E-state index in [1.165, 1.54) is 0 Å². The van der Waals surface area contributed by atoms with Gasteiger partial charge in [0.2, 0.25) is 0 Å². The number of ether oxygens (including phenoxy) is 1. The molecule has 0 spiro atoms. The van der Waals surface area contributed by atoms with Crippen LogP contribution in [0.15, 0.2) is 53.4 Å². The number of hydrogen-bond acceptors (Lipinski definition) is 3. The third kappa shape index (κ3) is 3.76. The van der Waals surface area contributed by atoms with Gasteiger partial charge in [-0.15, -0.1) is 0 Å². The Labute approximate surface area is 125 Å². The maximum absolute atomic E-state index is 12.5. The molecule has 2 rings (SSSR count). The predicted molar refractivity (Wildman–Crippen MR) is 84.2 cm³/mol. The first-order valence-electron chi connectivity index (χ1n) is 6.74. The number of anilines is 1. The lowest BCUT2D eigenvalue weighted by Crippen LogP contribution is -2.16. The molecule has 0 unspecified atom stereocenters. The van der Waals surface area contributed by atoms with Crippen LogP contribution in [-0.4, -0.2) is 14.5 Å². The molecule has 0 saturated heterocycles. The van der Waals surface area contributed by atoms with E-state index in [0.717, 1.165) is 0 Å². The lowest BCUT2D eigenvalue weighted by atomic mass is 10.2. The van der Waals surface area contributed by atoms with Crippen molar-refractivity contribution >= 4 is 15.7 Å². The number of aryl methyl sites for hydroxylation is 1. The van der Waals surface area contributed by atoms with Crippen molar-refractivity contribution in [3.8, 4) is 5.75 Å². The van der Waals surface area contributed by atoms with Crippen LogP contribution >= 0.6 is 0 Å². The van der Waals surface area contributed by atoms with Crippen LogP contribution in [0.1, 0.15) is 19.4 Å². The first kappa shape index (κ1) is 15.4. The van der Waals surface area contributed by atoms with Gasteiger partial charge in [-0.3, -0.25) is 4.72 Å². The van der Waals surface area contributed by atoms with Gasteiger partial charge in [-0.05, 0) is 44.5 Å². The maximum Gasteiger partial charge on any atom is 0.262 e. The minimum absolute atomic E-state index is 0.0332. The third-order valence-corrected chi connectivity index (χ3v) is 4.40. The fourth-order valence-corrected chi connectivity index (χ4v) is 3.28. The van der Waals surface area contributed by atoms with E-state index in [1.807, 2.05) is 26.0 Å². The Morgan fingerprint density at radius 2 is 1.62 bits per heavy atom. The highest BCUT2D eigenvalue weighted by molar-refractivity contribution is 7.92. The van der Waals surface area contributed by atoms with Gasteiger partial charge in [0.05, 0.1) is 16.7 Å². The molecule has 0 fully saturated rings. The van der Waals surface area contributed by atoms with Crippen molar-refractivity contribution in [1.29, 1.82) is 0 Å². The molecule has 4 nitrogen and oxygen atoms in total. The Kier molecular flexibility index (Phi) is 4.53. The maximum atomic E-state index is 12.5. The highest BCUT2D eigenvalue weighted by Gasteiger charge is 2.18. The molecule has 2 aromatic carbocycles. The van der Waals surface area contributed by atoms with Crippen molar-refractivity contribution in [3.63, 3.8) is 0 Å². The minimum Gasteiger partial charge on any atom is -0.489 e. The van der Waals surface area contributed by atoms with Crippen LogP contribution in [0.25, 0.3) is 0 Å². The van der Waals surface area contributed by atoms with Crippen molar-refractivity contribution in [2.75, 3.05) is 4.72 Å². The van der Waals surface area contributed by atoms with Crippen LogP contribution in [0, 0.1) is 6.92 Å². The molecule has 0 radical (unpaired) electrons. The normalized spacial score (nSPS) is 11.4. The lowest BCUT2D eigenvalue weighted by Gasteiger charge is -2.16. The number of para-hydroxylation sites is 2. The van der Waals surface area contributed by atoms with Crippen LogP contribution in [0.3, 0.4) is 0 Å². The van der Waals surface area contributed by atoms with E-state index in [-0.39, 0.29) is 11.0 Å². The Bertz CT molecular complexity index is 724. The third-order valence-electron chi connectivity index (χ3n) is 2.88. The predicted octanol–water partition coefficient (Wildman–Crippen LogP) is 3.58. The summed E-state index contributed by atoms with van der Waals surface area (Å²) in [6.07, 6.45) is -0.0332. The average Bonchev–Trinajstić information content (AvgIpc) is 2.40. The molecule has 0 atom stereocenters. The van der Waals surface area contributed by atoms with E-state index < -0.39 is 10.0 Å². The van der Waals surface area contributed by atoms with E-state index in [9.17, 15) is 8.42 Å². The quantitative estimate of drug-likeness (QED) is 0.918. The Balaban J connectivity index is 2.36. The van der Waals surface area contributed by atoms with Gasteiger partial charge < -0.3 is 4.74 Å². The first-order valence-corrected chi connectivity index (χ1v) is 8.22. The zero-order chi connectivity index (χ0) is 15.5. The molecule has 112 valence electrons. The summed E-state index contributed by atoms with van der Waals surface area (Å²) in [6.45, 7) is 5.56. The summed E-state index contributed by atoms with van der Waals surface area (Å²) < 4.78 is 33.2. The van der Waals surface area contributed by atoms with Crippen molar-refractivity contribution < 1.29 is 13.2 Å². The van der Waals surface area contributed by atoms with E-state index in [4.69, 9.17) is 4.74 Å². The largest absolute Gasteiger partial charge is 0.489 e. The molecule has 21 heavy (non-hydrogen) atoms. The molecular weight excluding hydrogens is 286 g/mol. The Morgan fingerprint density at radius 1 is 1.00 bits per heavy atom. The van der Waals surface area contributed by atoms with Crippen LogP contribution in [0.5, 0.6) is 5.75 Å². The number of sulfonamides is 1. The van der Waals surface area contributed by atoms with Crippen molar-refractivity contribution in [3.05, 3.63) is 54.1 Å². The van der Waals surface area contributed by atoms with Gasteiger partial charge in [0.1, 0.15) is 5.75 Å². The van der Waals surface area contributed by atoms with E-state index in [1.54, 1.807) is 43.3 Å². The Morgan fingerprint density at radius 3 is 2.29 bits per heavy atom. The topological polar surface area (TPSA) is 55.4 Å². The summed E-state index contributed by atoms with van der Waals surface area (Å²) in [6, 6.07) is 13.9. The zero-order valence-corrected chi connectivity index (χ0v) is 13.1. The van der Waals surface area contributed by atoms with Gasteiger partial charge in [0, 0.05) is 0 Å². The van der Waals surface area contributed by atoms with Gasteiger partial charge in [-0.2, -0.15) is 0 Å². The molecule has 0 aromatic heterocycles. The van der Waals surface area contributed by atoms with E-state index >= 15 is 0 Å². The van der Waals surface area contributed by atoms with Crippen LogP contribution in [0.2, 0.25) is 0 Å². The van der Waals surface area contributed by atoms with E-state index in [2.05, 4.69) is 4.72 Å². The number of benzene rings is 2. The lowest BCUT2D eigenvalue weighted by molar-refractivity contribution is 0.244. The van der Waals surface area contributed by atoms with Crippen molar-refractivity contribution in [2.24, 2.45) is 0 Å². The van der Waals surface area contributed by atoms with Crippen molar-refractivity contribution in [2.45, 2.75) is 31.8 Å². The van der Waals surface area contributed by atoms with Gasteiger partial charge in [-0.25, -0.2) is 8.42 Å². The summed E-state index contributed by atoms with van der Waals surface area (Å²) in [7, 11) is -3.63. The van der Waals surface area contributed by atoms with Crippen LogP contribution < -0.4 is 9.46 Å². The number of nitrogens with one attached hydrogen (secondary N) is 1. The van der Waals surface area contributed by atoms with Crippen LogP contribution in [-0.2, 0) is 10.0 Å². The molecule has 0 aliphatic rings. The molecule has 0 bridgehead atoms. The molecule has 5 heteroatoms. The standard InChI is InChI=1S/C16H19NO3S/c1-12(2)20-15-10-6-5-9-14(15)17-21(18,19)16-11-7-4-8-13(16)3/h4-12,17H,1-3H3. The molecule has 0 aliphatic carbocycles. The summed E-state index contributed by atoms with van der Waals surface area (Å²) in [4.78, 5) is 0.268. The summed E-state index contributed by atoms with van der Waals surface area (Å²) in [5, 5.41) is 0. The van der Waals surface area contributed by atoms with Gasteiger partial charge in [-0.1, -0.05) is 30.3 Å². The van der Waals surface area contributed by atoms with Crippen molar-refractivity contribution in [1.82, 2.24) is 0 Å². The van der Waals surface area contributed by atoms with Gasteiger partial charge in [0.15, 0.2) is 0 Å². The smallest absolute Gasteiger partial charge is 0.262 e. The van der Waals surface area contributed by atoms with E-state index in [0.29, 0.717) is 17.0 Å². The highest BCUT2D eigenvalue weighted by Crippen LogP contribution is 2.28. The molecule has 1 N–H and O–H groups in total. The zero-order valence-electron chi connectivity index (χ0n) is 12.3. The molecule has 0 aliphatic heterocycles. The monoisotopic (exact) mass is 305 g/mol. The second kappa shape index (κ2) is 6.18. The second-order valence-corrected chi connectivity index (χ2v) is 6.68. The first-order chi connectivity index (χ1) is 9.90. The second-order valence-electron chi connectivity index (χ2n) is 5.03. The fourth-order valence-electron chi connectivity index (χ4n) is 1.97. The highest BCUT2D eigenvalue weighted by atomic mass is 32.2. The Hall–Kier alpha value is -2.01. The molecule has 2 aromatic rings. The fraction of sp³-hybridized carbons (Fsp3) is 0.250. The molecule has 0 heterocycles. The molecule has 0 saturated carbocycles. The molecule has 0 amide bonds.